The molecule has 2 aliphatic heterocycles. The molecule has 0 radical (unpaired) electrons. The number of nitrogens with zero attached hydrogens (tertiary/aromatic N) is 1. The van der Waals surface area contributed by atoms with Crippen molar-refractivity contribution < 1.29 is 19.7 Å². The number of likely N-dealkylation sites (tertiary alicyclic amines) is 1. The highest BCUT2D eigenvalue weighted by Gasteiger charge is 2.76. The van der Waals surface area contributed by atoms with E-state index >= 15 is 0 Å². The Hall–Kier alpha value is -1.85. The largest absolute Gasteiger partial charge is 0.504 e. The Morgan fingerprint density at radius 2 is 1.97 bits per heavy atom. The fourth-order valence-corrected chi connectivity index (χ4v) is 9.75. The Morgan fingerprint density at radius 1 is 1.22 bits per heavy atom. The van der Waals surface area contributed by atoms with Gasteiger partial charge in [-0.2, -0.15) is 0 Å². The van der Waals surface area contributed by atoms with E-state index in [1.54, 1.807) is 0 Å². The van der Waals surface area contributed by atoms with E-state index in [9.17, 15) is 15.0 Å². The Kier molecular flexibility index (Phi) is 5.55. The van der Waals surface area contributed by atoms with Crippen LogP contribution in [-0.4, -0.2) is 51.7 Å². The van der Waals surface area contributed by atoms with Crippen molar-refractivity contribution >= 4 is 5.78 Å². The van der Waals surface area contributed by atoms with E-state index in [4.69, 9.17) is 4.74 Å². The van der Waals surface area contributed by atoms with E-state index < -0.39 is 16.9 Å². The number of carbonyl (C=O) groups excluding carboxylic acids is 1. The van der Waals surface area contributed by atoms with Gasteiger partial charge in [-0.05, 0) is 73.8 Å². The molecular formula is C32H45NO4. The first kappa shape index (κ1) is 25.4. The zero-order valence-electron chi connectivity index (χ0n) is 23.3. The summed E-state index contributed by atoms with van der Waals surface area (Å²) in [7, 11) is 0. The number of aliphatic hydroxyl groups is 1. The molecule has 2 saturated carbocycles. The summed E-state index contributed by atoms with van der Waals surface area (Å²) in [6.07, 6.45) is 8.23. The number of ether oxygens (including phenoxy) is 1. The van der Waals surface area contributed by atoms with Crippen LogP contribution in [0.25, 0.3) is 0 Å². The number of fused-ring (bicyclic) bond motifs is 1. The molecule has 2 N–H and O–H groups in total. The predicted molar refractivity (Wildman–Crippen MR) is 145 cm³/mol. The molecule has 202 valence electrons. The van der Waals surface area contributed by atoms with E-state index in [-0.39, 0.29) is 28.3 Å². The summed E-state index contributed by atoms with van der Waals surface area (Å²) in [5, 5.41) is 23.0. The number of ketones is 1. The van der Waals surface area contributed by atoms with Crippen molar-refractivity contribution in [2.24, 2.45) is 28.6 Å². The van der Waals surface area contributed by atoms with E-state index in [2.05, 4.69) is 45.2 Å². The Morgan fingerprint density at radius 3 is 2.68 bits per heavy atom. The molecule has 5 aliphatic rings. The van der Waals surface area contributed by atoms with Gasteiger partial charge < -0.3 is 14.9 Å². The number of hydrogen-bond donors (Lipinski definition) is 2. The molecule has 1 saturated heterocycles. The third-order valence-corrected chi connectivity index (χ3v) is 12.0. The van der Waals surface area contributed by atoms with E-state index in [0.717, 1.165) is 38.6 Å². The molecule has 0 aromatic heterocycles. The van der Waals surface area contributed by atoms with Gasteiger partial charge in [-0.25, -0.2) is 0 Å². The summed E-state index contributed by atoms with van der Waals surface area (Å²) in [4.78, 5) is 16.4. The minimum Gasteiger partial charge on any atom is -0.504 e. The van der Waals surface area contributed by atoms with Crippen molar-refractivity contribution in [1.29, 1.82) is 0 Å². The molecule has 2 spiro atoms. The summed E-state index contributed by atoms with van der Waals surface area (Å²) in [5.74, 6) is 1.57. The van der Waals surface area contributed by atoms with Crippen LogP contribution in [-0.2, 0) is 16.6 Å². The van der Waals surface area contributed by atoms with Crippen LogP contribution in [0.2, 0.25) is 0 Å². The van der Waals surface area contributed by atoms with Gasteiger partial charge in [0, 0.05) is 47.9 Å². The lowest BCUT2D eigenvalue weighted by molar-refractivity contribution is -0.171. The third kappa shape index (κ3) is 3.07. The smallest absolute Gasteiger partial charge is 0.164 e. The molecule has 3 aliphatic carbocycles. The number of hydrogen-bond acceptors (Lipinski definition) is 5. The molecule has 2 bridgehead atoms. The summed E-state index contributed by atoms with van der Waals surface area (Å²) in [6.45, 7) is 16.0. The fraction of sp³-hybridized carbons (Fsp3) is 0.719. The van der Waals surface area contributed by atoms with Crippen molar-refractivity contribution in [2.75, 3.05) is 13.2 Å². The van der Waals surface area contributed by atoms with E-state index in [0.29, 0.717) is 43.2 Å². The van der Waals surface area contributed by atoms with Gasteiger partial charge in [0.2, 0.25) is 0 Å². The number of phenolic OH excluding ortho intramolecular Hbond substituents is 1. The van der Waals surface area contributed by atoms with Gasteiger partial charge in [0.15, 0.2) is 11.5 Å². The molecular weight excluding hydrogens is 462 g/mol. The van der Waals surface area contributed by atoms with Crippen LogP contribution >= 0.6 is 0 Å². The lowest BCUT2D eigenvalue weighted by Gasteiger charge is -2.63. The maximum atomic E-state index is 13.6. The Bertz CT molecular complexity index is 1130. The predicted octanol–water partition coefficient (Wildman–Crippen LogP) is 5.41. The number of aryl methyl sites for hydroxylation is 1. The molecule has 6 rings (SSSR count). The molecule has 2 heterocycles. The van der Waals surface area contributed by atoms with Gasteiger partial charge in [0.1, 0.15) is 5.78 Å². The highest BCUT2D eigenvalue weighted by atomic mass is 16.5. The second-order valence-electron chi connectivity index (χ2n) is 14.1. The Balaban J connectivity index is 1.59. The number of rotatable bonds is 4. The van der Waals surface area contributed by atoms with Crippen LogP contribution < -0.4 is 4.74 Å². The SMILES string of the molecule is C=CCCN1C2CCc3ccc(O)c4c3C3(CC2C1[C@]31CCC(=O)[C@@H](C(C)(O)C(C)(C)C)C1)C(C)CO4. The summed E-state index contributed by atoms with van der Waals surface area (Å²) < 4.78 is 6.31. The third-order valence-electron chi connectivity index (χ3n) is 12.0. The number of benzene rings is 1. The van der Waals surface area contributed by atoms with Crippen LogP contribution in [0.4, 0.5) is 0 Å². The zero-order chi connectivity index (χ0) is 26.5. The average molecular weight is 508 g/mol. The van der Waals surface area contributed by atoms with Crippen LogP contribution in [0.15, 0.2) is 24.8 Å². The topological polar surface area (TPSA) is 70.0 Å². The summed E-state index contributed by atoms with van der Waals surface area (Å²) in [6, 6.07) is 4.87. The highest BCUT2D eigenvalue weighted by Crippen LogP contribution is 2.75. The van der Waals surface area contributed by atoms with Gasteiger partial charge in [0.05, 0.1) is 12.2 Å². The monoisotopic (exact) mass is 507 g/mol. The lowest BCUT2D eigenvalue weighted by atomic mass is 9.46. The fourth-order valence-electron chi connectivity index (χ4n) is 9.75. The minimum atomic E-state index is -1.11. The van der Waals surface area contributed by atoms with E-state index in [1.807, 2.05) is 19.1 Å². The first-order chi connectivity index (χ1) is 17.4. The first-order valence-corrected chi connectivity index (χ1v) is 14.5. The van der Waals surface area contributed by atoms with Gasteiger partial charge in [-0.3, -0.25) is 9.69 Å². The van der Waals surface area contributed by atoms with Crippen LogP contribution in [0.3, 0.4) is 0 Å². The van der Waals surface area contributed by atoms with Crippen molar-refractivity contribution in [1.82, 2.24) is 4.90 Å². The number of Topliss-reactive ketones (excluding diaryl/α,β-unsaturated/α-hetero) is 1. The quantitative estimate of drug-likeness (QED) is 0.534. The second-order valence-corrected chi connectivity index (χ2v) is 14.1. The zero-order valence-corrected chi connectivity index (χ0v) is 23.3. The van der Waals surface area contributed by atoms with E-state index in [1.165, 1.54) is 11.1 Å². The molecule has 1 aromatic carbocycles. The van der Waals surface area contributed by atoms with Crippen molar-refractivity contribution in [3.8, 4) is 11.5 Å². The molecule has 0 amide bonds. The van der Waals surface area contributed by atoms with Gasteiger partial charge >= 0.3 is 0 Å². The summed E-state index contributed by atoms with van der Waals surface area (Å²) >= 11 is 0. The molecule has 6 unspecified atom stereocenters. The molecule has 37 heavy (non-hydrogen) atoms. The first-order valence-electron chi connectivity index (χ1n) is 14.5. The number of carbonyl (C=O) groups is 1. The van der Waals surface area contributed by atoms with Gasteiger partial charge in [0.25, 0.3) is 0 Å². The van der Waals surface area contributed by atoms with Crippen LogP contribution in [0.1, 0.15) is 84.3 Å². The molecule has 5 heteroatoms. The Labute approximate surface area is 222 Å². The maximum Gasteiger partial charge on any atom is 0.164 e. The van der Waals surface area contributed by atoms with Crippen LogP contribution in [0.5, 0.6) is 11.5 Å². The molecule has 5 nitrogen and oxygen atoms in total. The van der Waals surface area contributed by atoms with Crippen molar-refractivity contribution in [3.05, 3.63) is 35.9 Å². The van der Waals surface area contributed by atoms with Crippen molar-refractivity contribution in [2.45, 2.75) is 103 Å². The van der Waals surface area contributed by atoms with Gasteiger partial charge in [-0.1, -0.05) is 39.8 Å². The van der Waals surface area contributed by atoms with Gasteiger partial charge in [-0.15, -0.1) is 6.58 Å². The molecule has 3 fully saturated rings. The second kappa shape index (κ2) is 8.08. The average Bonchev–Trinajstić information content (AvgIpc) is 3.08. The lowest BCUT2D eigenvalue weighted by Crippen LogP contribution is -2.69. The number of aromatic hydroxyl groups is 1. The highest BCUT2D eigenvalue weighted by molar-refractivity contribution is 5.83. The summed E-state index contributed by atoms with van der Waals surface area (Å²) in [5.41, 5.74) is 0.672. The maximum absolute atomic E-state index is 13.6. The standard InChI is InChI=1S/C32H45NO4/c1-7-8-15-33-23-11-9-20-10-12-25(35)27-26(20)32(19(2)18-37-27)16-21(23)28(33)31(32)14-13-24(34)22(17-31)30(6,36)29(3,4)5/h7,10,12,19,21-23,28,35-36H,1,8-9,11,13-18H2,2-6H3/t19?,21?,22-,23?,28?,30?,31+,32?/m0/s1. The van der Waals surface area contributed by atoms with Crippen LogP contribution in [0, 0.1) is 28.6 Å². The minimum absolute atomic E-state index is 0.159. The normalized spacial score (nSPS) is 40.2. The molecule has 1 aromatic rings. The molecule has 8 atom stereocenters. The van der Waals surface area contributed by atoms with Crippen molar-refractivity contribution in [3.63, 3.8) is 0 Å². The number of phenols is 1.